The van der Waals surface area contributed by atoms with Gasteiger partial charge in [-0.05, 0) is 37.8 Å². The Hall–Kier alpha value is -2.31. The van der Waals surface area contributed by atoms with E-state index in [2.05, 4.69) is 10.2 Å². The molecule has 1 atom stereocenters. The molecule has 7 heteroatoms. The first kappa shape index (κ1) is 17.5. The van der Waals surface area contributed by atoms with Gasteiger partial charge in [-0.1, -0.05) is 6.07 Å². The minimum atomic E-state index is -0.365. The lowest BCUT2D eigenvalue weighted by Gasteiger charge is -2.31. The number of anilines is 2. The smallest absolute Gasteiger partial charge is 0.241 e. The molecule has 2 saturated heterocycles. The number of rotatable bonds is 5. The first-order valence-corrected chi connectivity index (χ1v) is 8.90. The summed E-state index contributed by atoms with van der Waals surface area (Å²) in [5.41, 5.74) is 6.54. The van der Waals surface area contributed by atoms with Gasteiger partial charge < -0.3 is 20.9 Å². The molecule has 25 heavy (non-hydrogen) atoms. The summed E-state index contributed by atoms with van der Waals surface area (Å²) in [6, 6.07) is 4.97. The third-order valence-corrected chi connectivity index (χ3v) is 5.03. The first-order chi connectivity index (χ1) is 12.1. The monoisotopic (exact) mass is 348 g/mol. The summed E-state index contributed by atoms with van der Waals surface area (Å²) in [5.74, 6) is -1.14. The van der Waals surface area contributed by atoms with Crippen molar-refractivity contribution in [2.45, 2.75) is 25.7 Å². The molecular formula is C18H25FN4O2. The highest BCUT2D eigenvalue weighted by Gasteiger charge is 2.27. The fraction of sp³-hybridized carbons (Fsp3) is 0.556. The van der Waals surface area contributed by atoms with Gasteiger partial charge in [-0.2, -0.15) is 0 Å². The Morgan fingerprint density at radius 3 is 2.68 bits per heavy atom. The number of carbonyl (C=O) groups excluding carboxylic acids is 2. The lowest BCUT2D eigenvalue weighted by molar-refractivity contribution is -0.133. The SMILES string of the molecule is NC(=O)C1CCCN(C(=O)CNc2c(F)cccc2N2CCCC2)C1. The maximum atomic E-state index is 14.3. The number of nitrogens with one attached hydrogen (secondary N) is 1. The van der Waals surface area contributed by atoms with Crippen molar-refractivity contribution in [2.24, 2.45) is 11.7 Å². The number of likely N-dealkylation sites (tertiary alicyclic amines) is 1. The number of benzene rings is 1. The molecule has 0 saturated carbocycles. The Kier molecular flexibility index (Phi) is 5.40. The van der Waals surface area contributed by atoms with Crippen LogP contribution >= 0.6 is 0 Å². The topological polar surface area (TPSA) is 78.7 Å². The summed E-state index contributed by atoms with van der Waals surface area (Å²) in [7, 11) is 0. The Morgan fingerprint density at radius 1 is 1.20 bits per heavy atom. The lowest BCUT2D eigenvalue weighted by Crippen LogP contribution is -2.46. The van der Waals surface area contributed by atoms with Crippen LogP contribution in [0.15, 0.2) is 18.2 Å². The van der Waals surface area contributed by atoms with E-state index in [0.717, 1.165) is 44.5 Å². The van der Waals surface area contributed by atoms with E-state index in [1.54, 1.807) is 11.0 Å². The molecule has 2 amide bonds. The minimum Gasteiger partial charge on any atom is -0.372 e. The van der Waals surface area contributed by atoms with E-state index in [-0.39, 0.29) is 30.1 Å². The number of para-hydroxylation sites is 1. The fourth-order valence-corrected chi connectivity index (χ4v) is 3.62. The van der Waals surface area contributed by atoms with E-state index in [1.165, 1.54) is 6.07 Å². The lowest BCUT2D eigenvalue weighted by atomic mass is 9.97. The van der Waals surface area contributed by atoms with Crippen LogP contribution in [0.1, 0.15) is 25.7 Å². The summed E-state index contributed by atoms with van der Waals surface area (Å²) in [6.45, 7) is 2.77. The van der Waals surface area contributed by atoms with E-state index >= 15 is 0 Å². The van der Waals surface area contributed by atoms with E-state index in [4.69, 9.17) is 5.73 Å². The van der Waals surface area contributed by atoms with Gasteiger partial charge in [0.25, 0.3) is 0 Å². The molecule has 0 radical (unpaired) electrons. The molecule has 1 aromatic rings. The van der Waals surface area contributed by atoms with Gasteiger partial charge in [-0.15, -0.1) is 0 Å². The van der Waals surface area contributed by atoms with E-state index < -0.39 is 0 Å². The molecule has 1 unspecified atom stereocenters. The molecule has 1 aromatic carbocycles. The quantitative estimate of drug-likeness (QED) is 0.846. The molecule has 0 spiro atoms. The van der Waals surface area contributed by atoms with Crippen LogP contribution in [-0.4, -0.2) is 49.4 Å². The predicted octanol–water partition coefficient (Wildman–Crippen LogP) is 1.56. The third kappa shape index (κ3) is 4.03. The first-order valence-electron chi connectivity index (χ1n) is 8.90. The highest BCUT2D eigenvalue weighted by Crippen LogP contribution is 2.31. The van der Waals surface area contributed by atoms with Gasteiger partial charge in [0.15, 0.2) is 0 Å². The number of primary amides is 1. The average Bonchev–Trinajstić information content (AvgIpc) is 3.14. The molecule has 0 aromatic heterocycles. The second-order valence-electron chi connectivity index (χ2n) is 6.76. The van der Waals surface area contributed by atoms with Crippen LogP contribution in [0.5, 0.6) is 0 Å². The number of nitrogens with zero attached hydrogens (tertiary/aromatic N) is 2. The van der Waals surface area contributed by atoms with E-state index in [1.807, 2.05) is 6.07 Å². The number of hydrogen-bond acceptors (Lipinski definition) is 4. The predicted molar refractivity (Wildman–Crippen MR) is 94.8 cm³/mol. The van der Waals surface area contributed by atoms with Crippen molar-refractivity contribution < 1.29 is 14.0 Å². The van der Waals surface area contributed by atoms with Crippen molar-refractivity contribution in [1.29, 1.82) is 0 Å². The molecule has 2 aliphatic heterocycles. The van der Waals surface area contributed by atoms with Gasteiger partial charge in [-0.25, -0.2) is 4.39 Å². The highest BCUT2D eigenvalue weighted by molar-refractivity contribution is 5.84. The minimum absolute atomic E-state index is 0.00720. The molecule has 136 valence electrons. The van der Waals surface area contributed by atoms with Gasteiger partial charge in [0.05, 0.1) is 23.8 Å². The fourth-order valence-electron chi connectivity index (χ4n) is 3.62. The van der Waals surface area contributed by atoms with Gasteiger partial charge in [-0.3, -0.25) is 9.59 Å². The standard InChI is InChI=1S/C18H25FN4O2/c19-14-6-3-7-15(22-8-1-2-9-22)17(14)21-11-16(24)23-10-4-5-13(12-23)18(20)25/h3,6-7,13,21H,1-2,4-5,8-12H2,(H2,20,25). The van der Waals surface area contributed by atoms with Gasteiger partial charge in [0.2, 0.25) is 11.8 Å². The Labute approximate surface area is 147 Å². The van der Waals surface area contributed by atoms with Crippen LogP contribution in [0.25, 0.3) is 0 Å². The molecule has 0 bridgehead atoms. The van der Waals surface area contributed by atoms with Gasteiger partial charge >= 0.3 is 0 Å². The zero-order valence-electron chi connectivity index (χ0n) is 14.3. The average molecular weight is 348 g/mol. The molecular weight excluding hydrogens is 323 g/mol. The van der Waals surface area contributed by atoms with Crippen LogP contribution in [-0.2, 0) is 9.59 Å². The van der Waals surface area contributed by atoms with Crippen molar-refractivity contribution >= 4 is 23.2 Å². The summed E-state index contributed by atoms with van der Waals surface area (Å²) < 4.78 is 14.3. The Morgan fingerprint density at radius 2 is 1.96 bits per heavy atom. The number of nitrogens with two attached hydrogens (primary N) is 1. The molecule has 2 fully saturated rings. The molecule has 2 heterocycles. The summed E-state index contributed by atoms with van der Waals surface area (Å²) >= 11 is 0. The largest absolute Gasteiger partial charge is 0.372 e. The molecule has 2 aliphatic rings. The van der Waals surface area contributed by atoms with Crippen LogP contribution in [0.4, 0.5) is 15.8 Å². The second kappa shape index (κ2) is 7.72. The van der Waals surface area contributed by atoms with Gasteiger partial charge in [0.1, 0.15) is 5.82 Å². The van der Waals surface area contributed by atoms with Crippen LogP contribution in [0.3, 0.4) is 0 Å². The van der Waals surface area contributed by atoms with Crippen molar-refractivity contribution in [3.63, 3.8) is 0 Å². The highest BCUT2D eigenvalue weighted by atomic mass is 19.1. The zero-order valence-corrected chi connectivity index (χ0v) is 14.3. The number of carbonyl (C=O) groups is 2. The van der Waals surface area contributed by atoms with Crippen LogP contribution < -0.4 is 16.0 Å². The Balaban J connectivity index is 1.65. The van der Waals surface area contributed by atoms with Crippen molar-refractivity contribution in [2.75, 3.05) is 42.9 Å². The number of amides is 2. The zero-order chi connectivity index (χ0) is 17.8. The molecule has 0 aliphatic carbocycles. The Bertz CT molecular complexity index is 646. The number of hydrogen-bond donors (Lipinski definition) is 2. The summed E-state index contributed by atoms with van der Waals surface area (Å²) in [6.07, 6.45) is 3.67. The number of halogens is 1. The number of piperidine rings is 1. The maximum absolute atomic E-state index is 14.3. The van der Waals surface area contributed by atoms with Crippen molar-refractivity contribution in [3.05, 3.63) is 24.0 Å². The van der Waals surface area contributed by atoms with E-state index in [9.17, 15) is 14.0 Å². The molecule has 6 nitrogen and oxygen atoms in total. The second-order valence-corrected chi connectivity index (χ2v) is 6.76. The maximum Gasteiger partial charge on any atom is 0.241 e. The summed E-state index contributed by atoms with van der Waals surface area (Å²) in [5, 5.41) is 2.98. The van der Waals surface area contributed by atoms with Crippen LogP contribution in [0.2, 0.25) is 0 Å². The third-order valence-electron chi connectivity index (χ3n) is 5.03. The van der Waals surface area contributed by atoms with E-state index in [0.29, 0.717) is 18.8 Å². The summed E-state index contributed by atoms with van der Waals surface area (Å²) in [4.78, 5) is 27.6. The van der Waals surface area contributed by atoms with Crippen LogP contribution in [0, 0.1) is 11.7 Å². The van der Waals surface area contributed by atoms with Gasteiger partial charge in [0, 0.05) is 26.2 Å². The van der Waals surface area contributed by atoms with Crippen molar-refractivity contribution in [1.82, 2.24) is 4.90 Å². The molecule has 3 rings (SSSR count). The van der Waals surface area contributed by atoms with Crippen molar-refractivity contribution in [3.8, 4) is 0 Å². The molecule has 3 N–H and O–H groups in total. The normalized spacial score (nSPS) is 20.6.